The maximum atomic E-state index is 13.6. The van der Waals surface area contributed by atoms with E-state index in [0.717, 1.165) is 60.7 Å². The predicted molar refractivity (Wildman–Crippen MR) is 168 cm³/mol. The summed E-state index contributed by atoms with van der Waals surface area (Å²) in [6.45, 7) is 12.0. The average molecular weight is 576 g/mol. The van der Waals surface area contributed by atoms with Crippen LogP contribution in [-0.2, 0) is 11.8 Å². The number of rotatable bonds is 11. The number of aryl methyl sites for hydroxylation is 2. The van der Waals surface area contributed by atoms with Crippen LogP contribution in [0.1, 0.15) is 51.9 Å². The molecular weight excluding hydrogens is 530 g/mol. The summed E-state index contributed by atoms with van der Waals surface area (Å²) < 4.78 is 13.0. The Bertz CT molecular complexity index is 1390. The zero-order chi connectivity index (χ0) is 30.4. The van der Waals surface area contributed by atoms with Gasteiger partial charge in [0.25, 0.3) is 11.8 Å². The monoisotopic (exact) mass is 575 g/mol. The van der Waals surface area contributed by atoms with Crippen molar-refractivity contribution in [3.05, 3.63) is 71.0 Å². The molecule has 1 saturated heterocycles. The molecule has 3 aromatic rings. The smallest absolute Gasteiger partial charge is 0.269 e. The van der Waals surface area contributed by atoms with Gasteiger partial charge in [0.05, 0.1) is 12.6 Å². The molecule has 1 fully saturated rings. The normalized spacial score (nSPS) is 14.5. The zero-order valence-corrected chi connectivity index (χ0v) is 26.1. The molecule has 1 atom stereocenters. The summed E-state index contributed by atoms with van der Waals surface area (Å²) in [6, 6.07) is 13.7. The number of anilines is 1. The number of amides is 2. The van der Waals surface area contributed by atoms with E-state index in [1.54, 1.807) is 26.1 Å². The lowest BCUT2D eigenvalue weighted by Gasteiger charge is -2.35. The molecule has 1 unspecified atom stereocenters. The van der Waals surface area contributed by atoms with E-state index < -0.39 is 0 Å². The third-order valence-electron chi connectivity index (χ3n) is 7.95. The van der Waals surface area contributed by atoms with Crippen molar-refractivity contribution in [2.75, 3.05) is 72.0 Å². The molecule has 1 N–H and O–H groups in total. The van der Waals surface area contributed by atoms with Crippen LogP contribution < -0.4 is 15.0 Å². The van der Waals surface area contributed by atoms with Gasteiger partial charge >= 0.3 is 0 Å². The van der Waals surface area contributed by atoms with E-state index in [2.05, 4.69) is 28.1 Å². The number of hydrogen-bond acceptors (Lipinski definition) is 6. The van der Waals surface area contributed by atoms with E-state index >= 15 is 0 Å². The summed E-state index contributed by atoms with van der Waals surface area (Å²) in [4.78, 5) is 32.6. The lowest BCUT2D eigenvalue weighted by Crippen LogP contribution is -2.46. The van der Waals surface area contributed by atoms with Crippen molar-refractivity contribution in [1.29, 1.82) is 0 Å². The van der Waals surface area contributed by atoms with Crippen molar-refractivity contribution in [2.45, 2.75) is 26.8 Å². The Hall–Kier alpha value is -3.82. The van der Waals surface area contributed by atoms with Crippen molar-refractivity contribution in [3.63, 3.8) is 0 Å². The van der Waals surface area contributed by atoms with Crippen LogP contribution in [0.4, 0.5) is 5.69 Å². The van der Waals surface area contributed by atoms with Gasteiger partial charge in [0, 0.05) is 77.4 Å². The molecule has 0 bridgehead atoms. The van der Waals surface area contributed by atoms with Crippen LogP contribution in [0.2, 0.25) is 0 Å². The van der Waals surface area contributed by atoms with E-state index in [-0.39, 0.29) is 17.9 Å². The molecule has 2 amide bonds. The maximum Gasteiger partial charge on any atom is 0.269 e. The summed E-state index contributed by atoms with van der Waals surface area (Å²) in [7, 11) is 6.98. The molecule has 0 radical (unpaired) electrons. The molecule has 1 aromatic heterocycles. The van der Waals surface area contributed by atoms with E-state index in [1.165, 1.54) is 0 Å². The standard InChI is InChI=1S/C33H45N5O4/c1-8-37-11-13-38(14-12-37)28-10-9-23(2)30(21-28)32(39)34-24(3)25-17-26(19-29(18-25)42-16-15-41-7)27-20-31(36(6)22-27)33(40)35(4)5/h9-10,17-22,24H,8,11-16H2,1-7H3,(H,34,39). The predicted octanol–water partition coefficient (Wildman–Crippen LogP) is 4.36. The van der Waals surface area contributed by atoms with Crippen LogP contribution in [0.15, 0.2) is 48.7 Å². The molecule has 4 rings (SSSR count). The summed E-state index contributed by atoms with van der Waals surface area (Å²) >= 11 is 0. The van der Waals surface area contributed by atoms with Gasteiger partial charge in [-0.3, -0.25) is 9.59 Å². The van der Waals surface area contributed by atoms with Crippen molar-refractivity contribution < 1.29 is 19.1 Å². The number of aromatic nitrogens is 1. The minimum absolute atomic E-state index is 0.0676. The Morgan fingerprint density at radius 3 is 2.40 bits per heavy atom. The number of hydrogen-bond donors (Lipinski definition) is 1. The van der Waals surface area contributed by atoms with Crippen LogP contribution in [-0.4, -0.2) is 93.3 Å². The highest BCUT2D eigenvalue weighted by molar-refractivity contribution is 5.97. The quantitative estimate of drug-likeness (QED) is 0.343. The fourth-order valence-corrected chi connectivity index (χ4v) is 5.26. The first-order valence-electron chi connectivity index (χ1n) is 14.6. The lowest BCUT2D eigenvalue weighted by atomic mass is 10.00. The van der Waals surface area contributed by atoms with Gasteiger partial charge in [-0.25, -0.2) is 0 Å². The van der Waals surface area contributed by atoms with Gasteiger partial charge in [0.15, 0.2) is 0 Å². The maximum absolute atomic E-state index is 13.6. The highest BCUT2D eigenvalue weighted by atomic mass is 16.5. The summed E-state index contributed by atoms with van der Waals surface area (Å²) in [5.41, 5.74) is 6.00. The molecular formula is C33H45N5O4. The van der Waals surface area contributed by atoms with Gasteiger partial charge < -0.3 is 34.1 Å². The average Bonchev–Trinajstić information content (AvgIpc) is 3.38. The number of piperazine rings is 1. The molecule has 9 nitrogen and oxygen atoms in total. The fourth-order valence-electron chi connectivity index (χ4n) is 5.26. The Kier molecular flexibility index (Phi) is 10.3. The highest BCUT2D eigenvalue weighted by Crippen LogP contribution is 2.31. The minimum atomic E-state index is -0.287. The second kappa shape index (κ2) is 13.9. The Balaban J connectivity index is 1.58. The first-order chi connectivity index (χ1) is 20.1. The number of methoxy groups -OCH3 is 1. The molecule has 0 saturated carbocycles. The van der Waals surface area contributed by atoms with E-state index in [0.29, 0.717) is 30.2 Å². The number of ether oxygens (including phenoxy) is 2. The lowest BCUT2D eigenvalue weighted by molar-refractivity contribution is 0.0818. The first-order valence-corrected chi connectivity index (χ1v) is 14.6. The largest absolute Gasteiger partial charge is 0.491 e. The minimum Gasteiger partial charge on any atom is -0.491 e. The topological polar surface area (TPSA) is 79.3 Å². The second-order valence-electron chi connectivity index (χ2n) is 11.2. The van der Waals surface area contributed by atoms with Crippen molar-refractivity contribution in [1.82, 2.24) is 19.7 Å². The SMILES string of the molecule is CCN1CCN(c2ccc(C)c(C(=O)NC(C)c3cc(OCCOC)cc(-c4cc(C(=O)N(C)C)n(C)c4)c3)c2)CC1. The fraction of sp³-hybridized carbons (Fsp3) is 0.455. The van der Waals surface area contributed by atoms with Crippen molar-refractivity contribution in [2.24, 2.45) is 7.05 Å². The molecule has 0 aliphatic carbocycles. The molecule has 1 aliphatic rings. The highest BCUT2D eigenvalue weighted by Gasteiger charge is 2.21. The third kappa shape index (κ3) is 7.33. The van der Waals surface area contributed by atoms with Crippen LogP contribution in [0.3, 0.4) is 0 Å². The second-order valence-corrected chi connectivity index (χ2v) is 11.2. The van der Waals surface area contributed by atoms with Gasteiger partial charge in [-0.1, -0.05) is 13.0 Å². The number of nitrogens with zero attached hydrogens (tertiary/aromatic N) is 4. The van der Waals surface area contributed by atoms with Crippen LogP contribution >= 0.6 is 0 Å². The number of carbonyl (C=O) groups is 2. The Morgan fingerprint density at radius 1 is 1.00 bits per heavy atom. The van der Waals surface area contributed by atoms with E-state index in [4.69, 9.17) is 9.47 Å². The summed E-state index contributed by atoms with van der Waals surface area (Å²) in [6.07, 6.45) is 1.94. The van der Waals surface area contributed by atoms with Crippen LogP contribution in [0.5, 0.6) is 5.75 Å². The van der Waals surface area contributed by atoms with Crippen molar-refractivity contribution >= 4 is 17.5 Å². The third-order valence-corrected chi connectivity index (χ3v) is 7.95. The molecule has 0 spiro atoms. The molecule has 42 heavy (non-hydrogen) atoms. The molecule has 2 aromatic carbocycles. The van der Waals surface area contributed by atoms with Crippen LogP contribution in [0.25, 0.3) is 11.1 Å². The van der Waals surface area contributed by atoms with Gasteiger partial charge in [-0.05, 0) is 73.5 Å². The van der Waals surface area contributed by atoms with E-state index in [9.17, 15) is 9.59 Å². The van der Waals surface area contributed by atoms with E-state index in [1.807, 2.05) is 68.1 Å². The molecule has 226 valence electrons. The number of carbonyl (C=O) groups excluding carboxylic acids is 2. The van der Waals surface area contributed by atoms with Crippen LogP contribution in [0, 0.1) is 6.92 Å². The summed E-state index contributed by atoms with van der Waals surface area (Å²) in [5.74, 6) is 0.496. The first kappa shape index (κ1) is 31.1. The molecule has 9 heteroatoms. The number of benzene rings is 2. The van der Waals surface area contributed by atoms with Gasteiger partial charge in [0.1, 0.15) is 18.1 Å². The van der Waals surface area contributed by atoms with Crippen molar-refractivity contribution in [3.8, 4) is 16.9 Å². The van der Waals surface area contributed by atoms with Gasteiger partial charge in [-0.2, -0.15) is 0 Å². The van der Waals surface area contributed by atoms with Gasteiger partial charge in [0.2, 0.25) is 0 Å². The molecule has 1 aliphatic heterocycles. The Labute approximate surface area is 250 Å². The number of likely N-dealkylation sites (N-methyl/N-ethyl adjacent to an activating group) is 1. The van der Waals surface area contributed by atoms with Gasteiger partial charge in [-0.15, -0.1) is 0 Å². The molecule has 2 heterocycles. The zero-order valence-electron chi connectivity index (χ0n) is 26.1. The Morgan fingerprint density at radius 2 is 1.74 bits per heavy atom. The summed E-state index contributed by atoms with van der Waals surface area (Å²) in [5, 5.41) is 3.21. The number of nitrogens with one attached hydrogen (secondary N) is 1.